The van der Waals surface area contributed by atoms with Gasteiger partial charge in [0.15, 0.2) is 6.61 Å². The summed E-state index contributed by atoms with van der Waals surface area (Å²) in [5.41, 5.74) is 3.93. The predicted octanol–water partition coefficient (Wildman–Crippen LogP) is 3.21. The Balaban J connectivity index is 1.89. The van der Waals surface area contributed by atoms with E-state index in [9.17, 15) is 4.79 Å². The monoisotopic (exact) mass is 308 g/mol. The highest BCUT2D eigenvalue weighted by atomic mass is 16.5. The summed E-state index contributed by atoms with van der Waals surface area (Å²) in [6, 6.07) is 15.1. The predicted molar refractivity (Wildman–Crippen MR) is 89.0 cm³/mol. The van der Waals surface area contributed by atoms with E-state index in [-0.39, 0.29) is 12.5 Å². The summed E-state index contributed by atoms with van der Waals surface area (Å²) in [7, 11) is 1.74. The largest absolute Gasteiger partial charge is 0.484 e. The van der Waals surface area contributed by atoms with Gasteiger partial charge in [-0.15, -0.1) is 0 Å². The number of likely N-dealkylation sites (N-methyl/N-ethyl adjacent to an activating group) is 1. The fraction of sp³-hybridized carbons (Fsp3) is 0.263. The van der Waals surface area contributed by atoms with Crippen molar-refractivity contribution in [1.82, 2.24) is 4.90 Å². The van der Waals surface area contributed by atoms with E-state index in [2.05, 4.69) is 6.07 Å². The molecule has 1 amide bonds. The van der Waals surface area contributed by atoms with Crippen molar-refractivity contribution in [2.24, 2.45) is 0 Å². The Morgan fingerprint density at radius 3 is 2.43 bits per heavy atom. The van der Waals surface area contributed by atoms with Gasteiger partial charge in [-0.3, -0.25) is 4.79 Å². The number of aryl methyl sites for hydroxylation is 2. The molecule has 0 aliphatic carbocycles. The van der Waals surface area contributed by atoms with Gasteiger partial charge in [-0.25, -0.2) is 0 Å². The van der Waals surface area contributed by atoms with E-state index in [1.807, 2.05) is 44.2 Å². The van der Waals surface area contributed by atoms with Crippen molar-refractivity contribution >= 4 is 5.91 Å². The average Bonchev–Trinajstić information content (AvgIpc) is 2.56. The summed E-state index contributed by atoms with van der Waals surface area (Å²) in [5.74, 6) is 0.612. The van der Waals surface area contributed by atoms with Gasteiger partial charge < -0.3 is 9.64 Å². The molecule has 0 aromatic heterocycles. The minimum atomic E-state index is -0.0902. The van der Waals surface area contributed by atoms with Gasteiger partial charge in [-0.1, -0.05) is 18.2 Å². The smallest absolute Gasteiger partial charge is 0.260 e. The lowest BCUT2D eigenvalue weighted by Crippen LogP contribution is -2.30. The van der Waals surface area contributed by atoms with Crippen molar-refractivity contribution in [1.29, 1.82) is 5.26 Å². The summed E-state index contributed by atoms with van der Waals surface area (Å²) in [6.45, 7) is 4.55. The van der Waals surface area contributed by atoms with Gasteiger partial charge in [0, 0.05) is 13.6 Å². The second-order valence-corrected chi connectivity index (χ2v) is 5.59. The molecule has 0 aliphatic rings. The van der Waals surface area contributed by atoms with Crippen LogP contribution in [0.5, 0.6) is 5.75 Å². The van der Waals surface area contributed by atoms with E-state index in [0.717, 1.165) is 11.1 Å². The van der Waals surface area contributed by atoms with Crippen LogP contribution in [0.1, 0.15) is 22.3 Å². The van der Waals surface area contributed by atoms with E-state index < -0.39 is 0 Å². The molecule has 0 saturated carbocycles. The third-order valence-electron chi connectivity index (χ3n) is 3.77. The minimum absolute atomic E-state index is 0.00921. The van der Waals surface area contributed by atoms with E-state index in [1.54, 1.807) is 24.1 Å². The summed E-state index contributed by atoms with van der Waals surface area (Å²) in [4.78, 5) is 13.8. The minimum Gasteiger partial charge on any atom is -0.484 e. The number of nitrogens with zero attached hydrogens (tertiary/aromatic N) is 2. The Labute approximate surface area is 136 Å². The van der Waals surface area contributed by atoms with Crippen molar-refractivity contribution < 1.29 is 9.53 Å². The molecule has 2 aromatic rings. The lowest BCUT2D eigenvalue weighted by Gasteiger charge is -2.18. The third kappa shape index (κ3) is 4.58. The highest BCUT2D eigenvalue weighted by Gasteiger charge is 2.10. The number of ether oxygens (including phenoxy) is 1. The fourth-order valence-corrected chi connectivity index (χ4v) is 2.11. The molecular formula is C19H20N2O2. The molecule has 4 heteroatoms. The Bertz CT molecular complexity index is 730. The summed E-state index contributed by atoms with van der Waals surface area (Å²) < 4.78 is 5.56. The number of rotatable bonds is 5. The van der Waals surface area contributed by atoms with Gasteiger partial charge in [-0.2, -0.15) is 5.26 Å². The number of nitriles is 1. The van der Waals surface area contributed by atoms with Crippen LogP contribution >= 0.6 is 0 Å². The van der Waals surface area contributed by atoms with Gasteiger partial charge in [0.1, 0.15) is 5.75 Å². The second kappa shape index (κ2) is 7.46. The standard InChI is InChI=1S/C19H20N2O2/c1-14-4-9-18(10-15(14)2)23-13-19(22)21(3)12-17-7-5-16(11-20)6-8-17/h4-10H,12-13H2,1-3H3. The van der Waals surface area contributed by atoms with Crippen LogP contribution in [0.25, 0.3) is 0 Å². The van der Waals surface area contributed by atoms with Gasteiger partial charge in [0.2, 0.25) is 0 Å². The topological polar surface area (TPSA) is 53.3 Å². The number of hydrogen-bond acceptors (Lipinski definition) is 3. The Morgan fingerprint density at radius 1 is 1.13 bits per heavy atom. The average molecular weight is 308 g/mol. The first-order chi connectivity index (χ1) is 11.0. The molecule has 2 aromatic carbocycles. The quantitative estimate of drug-likeness (QED) is 0.852. The second-order valence-electron chi connectivity index (χ2n) is 5.59. The normalized spacial score (nSPS) is 10.0. The van der Waals surface area contributed by atoms with Crippen molar-refractivity contribution in [2.75, 3.05) is 13.7 Å². The maximum atomic E-state index is 12.1. The molecule has 2 rings (SSSR count). The van der Waals surface area contributed by atoms with E-state index in [4.69, 9.17) is 10.00 Å². The highest BCUT2D eigenvalue weighted by Crippen LogP contribution is 2.16. The first-order valence-corrected chi connectivity index (χ1v) is 7.42. The van der Waals surface area contributed by atoms with Gasteiger partial charge in [-0.05, 0) is 54.8 Å². The highest BCUT2D eigenvalue weighted by molar-refractivity contribution is 5.77. The molecular weight excluding hydrogens is 288 g/mol. The number of carbonyl (C=O) groups excluding carboxylic acids is 1. The van der Waals surface area contributed by atoms with Gasteiger partial charge in [0.25, 0.3) is 5.91 Å². The molecule has 0 N–H and O–H groups in total. The molecule has 23 heavy (non-hydrogen) atoms. The molecule has 0 heterocycles. The number of hydrogen-bond donors (Lipinski definition) is 0. The lowest BCUT2D eigenvalue weighted by atomic mass is 10.1. The van der Waals surface area contributed by atoms with Crippen molar-refractivity contribution in [2.45, 2.75) is 20.4 Å². The van der Waals surface area contributed by atoms with Crippen LogP contribution in [0.4, 0.5) is 0 Å². The summed E-state index contributed by atoms with van der Waals surface area (Å²) >= 11 is 0. The van der Waals surface area contributed by atoms with Crippen LogP contribution in [0.2, 0.25) is 0 Å². The molecule has 4 nitrogen and oxygen atoms in total. The molecule has 0 radical (unpaired) electrons. The van der Waals surface area contributed by atoms with Crippen LogP contribution in [-0.4, -0.2) is 24.5 Å². The zero-order valence-electron chi connectivity index (χ0n) is 13.7. The third-order valence-corrected chi connectivity index (χ3v) is 3.77. The Kier molecular flexibility index (Phi) is 5.37. The van der Waals surface area contributed by atoms with Gasteiger partial charge >= 0.3 is 0 Å². The van der Waals surface area contributed by atoms with Crippen molar-refractivity contribution in [3.8, 4) is 11.8 Å². The molecule has 0 bridgehead atoms. The molecule has 0 saturated heterocycles. The van der Waals surface area contributed by atoms with Crippen LogP contribution in [0.15, 0.2) is 42.5 Å². The number of carbonyl (C=O) groups is 1. The Hall–Kier alpha value is -2.80. The van der Waals surface area contributed by atoms with E-state index in [1.165, 1.54) is 5.56 Å². The van der Waals surface area contributed by atoms with Crippen molar-refractivity contribution in [3.05, 3.63) is 64.7 Å². The van der Waals surface area contributed by atoms with Crippen LogP contribution in [0.3, 0.4) is 0 Å². The molecule has 0 aliphatic heterocycles. The molecule has 0 fully saturated rings. The van der Waals surface area contributed by atoms with E-state index in [0.29, 0.717) is 17.9 Å². The van der Waals surface area contributed by atoms with Crippen LogP contribution in [0, 0.1) is 25.2 Å². The van der Waals surface area contributed by atoms with Gasteiger partial charge in [0.05, 0.1) is 11.6 Å². The zero-order valence-corrected chi connectivity index (χ0v) is 13.7. The first-order valence-electron chi connectivity index (χ1n) is 7.42. The summed E-state index contributed by atoms with van der Waals surface area (Å²) in [6.07, 6.45) is 0. The lowest BCUT2D eigenvalue weighted by molar-refractivity contribution is -0.132. The van der Waals surface area contributed by atoms with E-state index >= 15 is 0 Å². The van der Waals surface area contributed by atoms with Crippen LogP contribution in [-0.2, 0) is 11.3 Å². The van der Waals surface area contributed by atoms with Crippen molar-refractivity contribution in [3.63, 3.8) is 0 Å². The number of amides is 1. The SMILES string of the molecule is Cc1ccc(OCC(=O)N(C)Cc2ccc(C#N)cc2)cc1C. The molecule has 0 unspecified atom stereocenters. The maximum Gasteiger partial charge on any atom is 0.260 e. The molecule has 0 spiro atoms. The number of benzene rings is 2. The molecule has 118 valence electrons. The zero-order chi connectivity index (χ0) is 16.8. The van der Waals surface area contributed by atoms with Crippen LogP contribution < -0.4 is 4.74 Å². The molecule has 0 atom stereocenters. The maximum absolute atomic E-state index is 12.1. The Morgan fingerprint density at radius 2 is 1.83 bits per heavy atom. The fourth-order valence-electron chi connectivity index (χ4n) is 2.11. The first kappa shape index (κ1) is 16.6. The summed E-state index contributed by atoms with van der Waals surface area (Å²) in [5, 5.41) is 8.78.